The Morgan fingerprint density at radius 2 is 1.85 bits per heavy atom. The van der Waals surface area contributed by atoms with E-state index in [9.17, 15) is 19.2 Å². The van der Waals surface area contributed by atoms with E-state index in [1.165, 1.54) is 22.4 Å². The molecule has 1 N–H and O–H groups in total. The van der Waals surface area contributed by atoms with E-state index < -0.39 is 34.7 Å². The van der Waals surface area contributed by atoms with E-state index in [-0.39, 0.29) is 41.7 Å². The van der Waals surface area contributed by atoms with Gasteiger partial charge in [-0.3, -0.25) is 14.6 Å². The number of carbonyl (C=O) groups excluding carboxylic acids is 2. The summed E-state index contributed by atoms with van der Waals surface area (Å²) in [5.41, 5.74) is -0.726. The predicted molar refractivity (Wildman–Crippen MR) is 150 cm³/mol. The lowest BCUT2D eigenvalue weighted by molar-refractivity contribution is -0.159. The molecular weight excluding hydrogens is 579 g/mol. The highest BCUT2D eigenvalue weighted by atomic mass is 35.5. The van der Waals surface area contributed by atoms with Crippen LogP contribution in [0, 0.1) is 5.92 Å². The Morgan fingerprint density at radius 1 is 1.15 bits per heavy atom. The third-order valence-electron chi connectivity index (χ3n) is 8.43. The molecule has 40 heavy (non-hydrogen) atoms. The molecule has 0 bridgehead atoms. The maximum Gasteiger partial charge on any atom is 0.347 e. The van der Waals surface area contributed by atoms with Gasteiger partial charge < -0.3 is 9.47 Å². The van der Waals surface area contributed by atoms with Crippen molar-refractivity contribution in [2.45, 2.75) is 106 Å². The number of aromatic amines is 1. The molecule has 2 saturated carbocycles. The van der Waals surface area contributed by atoms with E-state index >= 15 is 0 Å². The van der Waals surface area contributed by atoms with Crippen LogP contribution in [0.2, 0.25) is 0 Å². The second-order valence-corrected chi connectivity index (χ2v) is 13.8. The number of rotatable bonds is 7. The highest BCUT2D eigenvalue weighted by molar-refractivity contribution is 7.12. The fraction of sp³-hybridized carbons (Fsp3) is 0.704. The molecule has 0 aromatic carbocycles. The predicted octanol–water partition coefficient (Wildman–Crippen LogP) is 3.98. The first kappa shape index (κ1) is 29.3. The van der Waals surface area contributed by atoms with Crippen LogP contribution in [0.15, 0.2) is 15.8 Å². The first-order chi connectivity index (χ1) is 19.0. The number of carbonyl (C=O) groups is 2. The summed E-state index contributed by atoms with van der Waals surface area (Å²) in [4.78, 5) is 56.8. The quantitative estimate of drug-likeness (QED) is 0.366. The Hall–Kier alpha value is -2.24. The van der Waals surface area contributed by atoms with Crippen LogP contribution in [0.25, 0.3) is 0 Å². The number of esters is 2. The van der Waals surface area contributed by atoms with Gasteiger partial charge in [0.25, 0.3) is 5.56 Å². The number of aromatic nitrogens is 4. The normalized spacial score (nSPS) is 27.9. The average Bonchev–Trinajstić information content (AvgIpc) is 3.50. The zero-order valence-electron chi connectivity index (χ0n) is 22.6. The molecule has 2 aromatic rings. The van der Waals surface area contributed by atoms with Crippen LogP contribution in [0.4, 0.5) is 0 Å². The number of thiazole rings is 1. The van der Waals surface area contributed by atoms with Crippen LogP contribution >= 0.6 is 34.5 Å². The maximum atomic E-state index is 12.9. The minimum atomic E-state index is -0.844. The number of nitrogens with zero attached hydrogens (tertiary/aromatic N) is 3. The molecule has 3 atom stereocenters. The average molecular weight is 614 g/mol. The molecule has 0 radical (unpaired) electrons. The molecule has 3 heterocycles. The Balaban J connectivity index is 1.39. The number of cyclic esters (lactones) is 1. The number of H-pyrrole nitrogens is 1. The third kappa shape index (κ3) is 6.01. The van der Waals surface area contributed by atoms with E-state index in [0.29, 0.717) is 19.3 Å². The summed E-state index contributed by atoms with van der Waals surface area (Å²) in [6, 6.07) is -0.344. The summed E-state index contributed by atoms with van der Waals surface area (Å²) in [6.45, 7) is 4.41. The molecule has 2 aromatic heterocycles. The van der Waals surface area contributed by atoms with Crippen molar-refractivity contribution in [3.05, 3.63) is 42.6 Å². The van der Waals surface area contributed by atoms with Crippen molar-refractivity contribution in [3.8, 4) is 0 Å². The Kier molecular flexibility index (Phi) is 8.73. The fourth-order valence-corrected chi connectivity index (χ4v) is 9.13. The van der Waals surface area contributed by atoms with Gasteiger partial charge >= 0.3 is 17.6 Å². The van der Waals surface area contributed by atoms with Gasteiger partial charge in [-0.2, -0.15) is 5.10 Å². The van der Waals surface area contributed by atoms with Crippen molar-refractivity contribution in [3.63, 3.8) is 0 Å². The molecule has 1 aliphatic heterocycles. The zero-order chi connectivity index (χ0) is 28.6. The van der Waals surface area contributed by atoms with E-state index in [1.807, 2.05) is 0 Å². The van der Waals surface area contributed by atoms with Crippen LogP contribution in [0.5, 0.6) is 0 Å². The molecule has 0 spiro atoms. The minimum Gasteiger partial charge on any atom is -0.463 e. The summed E-state index contributed by atoms with van der Waals surface area (Å²) in [7, 11) is 0. The lowest BCUT2D eigenvalue weighted by Crippen LogP contribution is -2.48. The molecule has 218 valence electrons. The molecular formula is C27H34Cl2N4O6S. The van der Waals surface area contributed by atoms with Crippen LogP contribution < -0.4 is 11.2 Å². The van der Waals surface area contributed by atoms with Crippen molar-refractivity contribution in [2.75, 3.05) is 6.61 Å². The highest BCUT2D eigenvalue weighted by Gasteiger charge is 2.48. The number of nitrogens with one attached hydrogen (secondary N) is 1. The summed E-state index contributed by atoms with van der Waals surface area (Å²) >= 11 is 15.5. The van der Waals surface area contributed by atoms with Gasteiger partial charge in [-0.25, -0.2) is 19.3 Å². The number of alkyl halides is 2. The number of hydrogen-bond acceptors (Lipinski definition) is 9. The largest absolute Gasteiger partial charge is 0.463 e. The van der Waals surface area contributed by atoms with E-state index in [1.54, 1.807) is 0 Å². The SMILES string of the molecule is CC(C)(c1nc(C2CCCCC2)c(CC(=O)OC2CCOC2=O)s1)C1C(Cl)CC(n2ncc(=O)[nH]c2=O)CC1Cl. The summed E-state index contributed by atoms with van der Waals surface area (Å²) in [5, 5.41) is 4.09. The molecule has 3 fully saturated rings. The van der Waals surface area contributed by atoms with E-state index in [0.717, 1.165) is 47.5 Å². The molecule has 13 heteroatoms. The highest BCUT2D eigenvalue weighted by Crippen LogP contribution is 2.49. The van der Waals surface area contributed by atoms with Gasteiger partial charge in [0.05, 0.1) is 29.8 Å². The van der Waals surface area contributed by atoms with Crippen LogP contribution in [0.1, 0.15) is 92.8 Å². The second kappa shape index (κ2) is 11.9. The number of hydrogen-bond donors (Lipinski definition) is 1. The molecule has 2 aliphatic carbocycles. The van der Waals surface area contributed by atoms with Gasteiger partial charge in [0.1, 0.15) is 6.20 Å². The van der Waals surface area contributed by atoms with Crippen molar-refractivity contribution in [1.82, 2.24) is 19.7 Å². The minimum absolute atomic E-state index is 0.0471. The van der Waals surface area contributed by atoms with Gasteiger partial charge in [-0.15, -0.1) is 34.5 Å². The fourth-order valence-electron chi connectivity index (χ4n) is 6.38. The summed E-state index contributed by atoms with van der Waals surface area (Å²) < 4.78 is 11.6. The van der Waals surface area contributed by atoms with Gasteiger partial charge in [-0.1, -0.05) is 33.1 Å². The van der Waals surface area contributed by atoms with Crippen LogP contribution in [-0.4, -0.2) is 55.2 Å². The Labute approximate surface area is 245 Å². The van der Waals surface area contributed by atoms with Crippen molar-refractivity contribution >= 4 is 46.5 Å². The molecule has 5 rings (SSSR count). The number of halogens is 2. The van der Waals surface area contributed by atoms with Gasteiger partial charge in [0.15, 0.2) is 0 Å². The first-order valence-corrected chi connectivity index (χ1v) is 15.6. The Morgan fingerprint density at radius 3 is 2.48 bits per heavy atom. The summed E-state index contributed by atoms with van der Waals surface area (Å²) in [6.07, 6.45) is 7.03. The van der Waals surface area contributed by atoms with Crippen LogP contribution in [-0.2, 0) is 30.9 Å². The van der Waals surface area contributed by atoms with Gasteiger partial charge in [-0.05, 0) is 25.7 Å². The smallest absolute Gasteiger partial charge is 0.347 e. The number of ether oxygens (including phenoxy) is 2. The topological polar surface area (TPSA) is 133 Å². The maximum absolute atomic E-state index is 12.9. The molecule has 3 unspecified atom stereocenters. The second-order valence-electron chi connectivity index (χ2n) is 11.6. The van der Waals surface area contributed by atoms with Gasteiger partial charge in [0, 0.05) is 39.3 Å². The van der Waals surface area contributed by atoms with Crippen molar-refractivity contribution in [2.24, 2.45) is 5.92 Å². The van der Waals surface area contributed by atoms with E-state index in [4.69, 9.17) is 37.7 Å². The first-order valence-electron chi connectivity index (χ1n) is 13.9. The monoisotopic (exact) mass is 612 g/mol. The molecule has 10 nitrogen and oxygen atoms in total. The lowest BCUT2D eigenvalue weighted by atomic mass is 9.69. The lowest BCUT2D eigenvalue weighted by Gasteiger charge is -2.44. The molecule has 3 aliphatic rings. The van der Waals surface area contributed by atoms with E-state index in [2.05, 4.69) is 23.9 Å². The van der Waals surface area contributed by atoms with Crippen molar-refractivity contribution in [1.29, 1.82) is 0 Å². The molecule has 0 amide bonds. The summed E-state index contributed by atoms with van der Waals surface area (Å²) in [5.74, 6) is -0.868. The third-order valence-corrected chi connectivity index (χ3v) is 10.7. The van der Waals surface area contributed by atoms with Gasteiger partial charge in [0.2, 0.25) is 6.10 Å². The zero-order valence-corrected chi connectivity index (χ0v) is 24.9. The standard InChI is InChI=1S/C27H34Cl2N4O6S/c1-27(2,22-16(28)10-15(11-17(22)29)33-26(37)31-20(34)13-30-33)25-32-23(14-6-4-3-5-7-14)19(40-25)12-21(35)39-18-8-9-38-24(18)36/h13-18,22H,3-12H2,1-2H3,(H,31,34,37). The van der Waals surface area contributed by atoms with Crippen LogP contribution in [0.3, 0.4) is 0 Å². The molecule has 1 saturated heterocycles. The van der Waals surface area contributed by atoms with Crippen molar-refractivity contribution < 1.29 is 19.1 Å². The Bertz CT molecular complexity index is 1360.